The predicted octanol–water partition coefficient (Wildman–Crippen LogP) is 4.61. The predicted molar refractivity (Wildman–Crippen MR) is 166 cm³/mol. The van der Waals surface area contributed by atoms with E-state index in [1.165, 1.54) is 11.8 Å². The van der Waals surface area contributed by atoms with Crippen LogP contribution in [0.4, 0.5) is 0 Å². The van der Waals surface area contributed by atoms with Gasteiger partial charge in [0.25, 0.3) is 5.56 Å². The Hall–Kier alpha value is -4.02. The summed E-state index contributed by atoms with van der Waals surface area (Å²) in [5.41, 5.74) is 2.28. The number of halogens is 1. The highest BCUT2D eigenvalue weighted by atomic mass is 35.5. The summed E-state index contributed by atoms with van der Waals surface area (Å²) in [6.45, 7) is 1.11. The monoisotopic (exact) mass is 608 g/mol. The second-order valence-corrected chi connectivity index (χ2v) is 10.8. The summed E-state index contributed by atoms with van der Waals surface area (Å²) in [6, 6.07) is 20.1. The zero-order valence-corrected chi connectivity index (χ0v) is 25.1. The normalized spacial score (nSPS) is 10.8. The number of para-hydroxylation sites is 1. The Labute approximate surface area is 253 Å². The topological polar surface area (TPSA) is 112 Å². The summed E-state index contributed by atoms with van der Waals surface area (Å²) >= 11 is 7.21. The van der Waals surface area contributed by atoms with Gasteiger partial charge in [0.2, 0.25) is 11.8 Å². The molecule has 2 N–H and O–H groups in total. The number of ether oxygens (including phenoxy) is 2. The Balaban J connectivity index is 1.33. The number of rotatable bonds is 14. The Bertz CT molecular complexity index is 1610. The van der Waals surface area contributed by atoms with Crippen LogP contribution in [0.1, 0.15) is 24.0 Å². The lowest BCUT2D eigenvalue weighted by atomic mass is 10.1. The van der Waals surface area contributed by atoms with E-state index in [-0.39, 0.29) is 29.5 Å². The zero-order valence-electron chi connectivity index (χ0n) is 23.5. The number of amides is 2. The number of nitrogens with one attached hydrogen (secondary N) is 2. The van der Waals surface area contributed by atoms with Crippen LogP contribution in [0.3, 0.4) is 0 Å². The first kappa shape index (κ1) is 30.9. The third-order valence-electron chi connectivity index (χ3n) is 6.51. The average Bonchev–Trinajstić information content (AvgIpc) is 3.00. The van der Waals surface area contributed by atoms with Crippen molar-refractivity contribution in [2.75, 3.05) is 26.5 Å². The van der Waals surface area contributed by atoms with E-state index in [1.807, 2.05) is 36.4 Å². The molecular weight excluding hydrogens is 576 g/mol. The number of methoxy groups -OCH3 is 2. The van der Waals surface area contributed by atoms with Crippen LogP contribution in [0.5, 0.6) is 11.5 Å². The molecule has 0 unspecified atom stereocenters. The van der Waals surface area contributed by atoms with Crippen molar-refractivity contribution in [3.05, 3.63) is 93.2 Å². The first-order valence-corrected chi connectivity index (χ1v) is 14.9. The molecule has 42 heavy (non-hydrogen) atoms. The summed E-state index contributed by atoms with van der Waals surface area (Å²) in [5, 5.41) is 7.35. The molecule has 0 spiro atoms. The minimum atomic E-state index is -0.198. The van der Waals surface area contributed by atoms with Crippen molar-refractivity contribution < 1.29 is 19.1 Å². The van der Waals surface area contributed by atoms with Gasteiger partial charge in [0, 0.05) is 31.1 Å². The third-order valence-corrected chi connectivity index (χ3v) is 7.72. The number of carbonyl (C=O) groups is 2. The van der Waals surface area contributed by atoms with E-state index < -0.39 is 0 Å². The van der Waals surface area contributed by atoms with Gasteiger partial charge in [0.05, 0.1) is 30.9 Å². The molecule has 3 aromatic carbocycles. The molecule has 0 atom stereocenters. The summed E-state index contributed by atoms with van der Waals surface area (Å²) in [7, 11) is 3.17. The van der Waals surface area contributed by atoms with Crippen LogP contribution in [0.2, 0.25) is 5.02 Å². The van der Waals surface area contributed by atoms with Gasteiger partial charge in [-0.3, -0.25) is 19.0 Å². The number of aromatic nitrogens is 2. The second-order valence-electron chi connectivity index (χ2n) is 9.46. The molecule has 9 nitrogen and oxygen atoms in total. The standard InChI is InChI=1S/C31H33ClN4O5S/c1-40-26-13-12-21(18-27(26)41-2)14-15-33-29(38)20-42-31-35-25-10-4-3-9-24(25)30(39)36(31)16-6-11-28(37)34-19-22-7-5-8-23(32)17-22/h3-5,7-10,12-13,17-18H,6,11,14-16,19-20H2,1-2H3,(H,33,38)(H,34,37). The molecule has 220 valence electrons. The van der Waals surface area contributed by atoms with Crippen molar-refractivity contribution in [3.63, 3.8) is 0 Å². The molecule has 0 aliphatic carbocycles. The first-order valence-electron chi connectivity index (χ1n) is 13.5. The highest BCUT2D eigenvalue weighted by Crippen LogP contribution is 2.27. The molecule has 1 aromatic heterocycles. The number of carbonyl (C=O) groups excluding carboxylic acids is 2. The van der Waals surface area contributed by atoms with E-state index in [1.54, 1.807) is 49.1 Å². The van der Waals surface area contributed by atoms with E-state index in [0.29, 0.717) is 65.1 Å². The summed E-state index contributed by atoms with van der Waals surface area (Å²) < 4.78 is 12.2. The fourth-order valence-electron chi connectivity index (χ4n) is 4.35. The largest absolute Gasteiger partial charge is 0.493 e. The van der Waals surface area contributed by atoms with Crippen LogP contribution < -0.4 is 25.7 Å². The van der Waals surface area contributed by atoms with Crippen molar-refractivity contribution in [2.24, 2.45) is 0 Å². The van der Waals surface area contributed by atoms with Gasteiger partial charge in [0.15, 0.2) is 16.7 Å². The van der Waals surface area contributed by atoms with E-state index in [0.717, 1.165) is 11.1 Å². The van der Waals surface area contributed by atoms with Crippen LogP contribution in [-0.2, 0) is 29.1 Å². The maximum absolute atomic E-state index is 13.3. The molecule has 4 aromatic rings. The highest BCUT2D eigenvalue weighted by Gasteiger charge is 2.14. The fourth-order valence-corrected chi connectivity index (χ4v) is 5.42. The van der Waals surface area contributed by atoms with Gasteiger partial charge in [-0.15, -0.1) is 0 Å². The van der Waals surface area contributed by atoms with E-state index >= 15 is 0 Å². The second kappa shape index (κ2) is 15.3. The molecule has 0 aliphatic heterocycles. The SMILES string of the molecule is COc1ccc(CCNC(=O)CSc2nc3ccccc3c(=O)n2CCCC(=O)NCc2cccc(Cl)c2)cc1OC. The minimum absolute atomic E-state index is 0.0941. The lowest BCUT2D eigenvalue weighted by Gasteiger charge is -2.13. The van der Waals surface area contributed by atoms with Gasteiger partial charge in [-0.05, 0) is 60.4 Å². The van der Waals surface area contributed by atoms with Crippen LogP contribution in [0, 0.1) is 0 Å². The van der Waals surface area contributed by atoms with Crippen LogP contribution in [0.25, 0.3) is 10.9 Å². The van der Waals surface area contributed by atoms with Crippen molar-refractivity contribution in [3.8, 4) is 11.5 Å². The molecule has 2 amide bonds. The zero-order chi connectivity index (χ0) is 29.9. The van der Waals surface area contributed by atoms with Gasteiger partial charge in [-0.1, -0.05) is 53.7 Å². The van der Waals surface area contributed by atoms with Gasteiger partial charge in [-0.25, -0.2) is 4.98 Å². The van der Waals surface area contributed by atoms with E-state index in [2.05, 4.69) is 15.6 Å². The molecule has 0 bridgehead atoms. The quantitative estimate of drug-likeness (QED) is 0.159. The molecule has 0 saturated carbocycles. The fraction of sp³-hybridized carbons (Fsp3) is 0.290. The Morgan fingerprint density at radius 3 is 2.52 bits per heavy atom. The molecule has 4 rings (SSSR count). The maximum Gasteiger partial charge on any atom is 0.262 e. The van der Waals surface area contributed by atoms with Gasteiger partial charge in [0.1, 0.15) is 0 Å². The summed E-state index contributed by atoms with van der Waals surface area (Å²) in [4.78, 5) is 43.1. The number of fused-ring (bicyclic) bond motifs is 1. The van der Waals surface area contributed by atoms with E-state index in [4.69, 9.17) is 21.1 Å². The number of nitrogens with zero attached hydrogens (tertiary/aromatic N) is 2. The number of hydrogen-bond acceptors (Lipinski definition) is 7. The third kappa shape index (κ3) is 8.50. The number of benzene rings is 3. The average molecular weight is 609 g/mol. The summed E-state index contributed by atoms with van der Waals surface area (Å²) in [5.74, 6) is 1.08. The van der Waals surface area contributed by atoms with Crippen molar-refractivity contribution in [1.82, 2.24) is 20.2 Å². The van der Waals surface area contributed by atoms with Crippen molar-refractivity contribution in [1.29, 1.82) is 0 Å². The molecule has 1 heterocycles. The molecule has 0 radical (unpaired) electrons. The maximum atomic E-state index is 13.3. The molecular formula is C31H33ClN4O5S. The van der Waals surface area contributed by atoms with Crippen LogP contribution in [0.15, 0.2) is 76.7 Å². The smallest absolute Gasteiger partial charge is 0.262 e. The lowest BCUT2D eigenvalue weighted by molar-refractivity contribution is -0.121. The highest BCUT2D eigenvalue weighted by molar-refractivity contribution is 7.99. The molecule has 11 heteroatoms. The molecule has 0 aliphatic rings. The number of thioether (sulfide) groups is 1. The molecule has 0 fully saturated rings. The van der Waals surface area contributed by atoms with Crippen molar-refractivity contribution >= 4 is 46.1 Å². The van der Waals surface area contributed by atoms with Crippen molar-refractivity contribution in [2.45, 2.75) is 37.5 Å². The molecule has 0 saturated heterocycles. The number of hydrogen-bond donors (Lipinski definition) is 2. The van der Waals surface area contributed by atoms with Crippen LogP contribution >= 0.6 is 23.4 Å². The Morgan fingerprint density at radius 1 is 0.929 bits per heavy atom. The summed E-state index contributed by atoms with van der Waals surface area (Å²) in [6.07, 6.45) is 1.29. The van der Waals surface area contributed by atoms with Gasteiger partial charge in [-0.2, -0.15) is 0 Å². The first-order chi connectivity index (χ1) is 20.4. The Kier molecular flexibility index (Phi) is 11.2. The van der Waals surface area contributed by atoms with Gasteiger partial charge < -0.3 is 20.1 Å². The van der Waals surface area contributed by atoms with Gasteiger partial charge >= 0.3 is 0 Å². The van der Waals surface area contributed by atoms with E-state index in [9.17, 15) is 14.4 Å². The minimum Gasteiger partial charge on any atom is -0.493 e. The Morgan fingerprint density at radius 2 is 1.74 bits per heavy atom. The lowest BCUT2D eigenvalue weighted by Crippen LogP contribution is -2.29. The van der Waals surface area contributed by atoms with Crippen LogP contribution in [-0.4, -0.2) is 47.9 Å².